The maximum atomic E-state index is 12.6. The number of likely N-dealkylation sites (tertiary alicyclic amines) is 1. The van der Waals surface area contributed by atoms with Crippen LogP contribution >= 0.6 is 11.6 Å². The molecular weight excluding hydrogens is 376 g/mol. The summed E-state index contributed by atoms with van der Waals surface area (Å²) in [6.45, 7) is 6.19. The second-order valence-corrected chi connectivity index (χ2v) is 8.32. The van der Waals surface area contributed by atoms with Gasteiger partial charge in [0.1, 0.15) is 11.4 Å². The molecular formula is C21H27ClN4O2. The zero-order valence-corrected chi connectivity index (χ0v) is 17.3. The fourth-order valence-electron chi connectivity index (χ4n) is 5.03. The van der Waals surface area contributed by atoms with Gasteiger partial charge in [-0.25, -0.2) is 4.79 Å². The van der Waals surface area contributed by atoms with Crippen molar-refractivity contribution in [3.05, 3.63) is 34.0 Å². The average molecular weight is 403 g/mol. The van der Waals surface area contributed by atoms with Crippen LogP contribution in [0.5, 0.6) is 0 Å². The number of H-pyrrole nitrogens is 1. The number of hydrogen-bond donors (Lipinski definition) is 2. The van der Waals surface area contributed by atoms with Crippen LogP contribution in [0.15, 0.2) is 12.1 Å². The number of aromatic nitrogens is 1. The predicted octanol–water partition coefficient (Wildman–Crippen LogP) is 3.40. The first kappa shape index (κ1) is 19.3. The van der Waals surface area contributed by atoms with Gasteiger partial charge in [-0.05, 0) is 57.0 Å². The predicted molar refractivity (Wildman–Crippen MR) is 111 cm³/mol. The molecule has 6 nitrogen and oxygen atoms in total. The number of nitrogens with zero attached hydrogens (tertiary/aromatic N) is 2. The molecule has 3 atom stereocenters. The van der Waals surface area contributed by atoms with Gasteiger partial charge in [-0.1, -0.05) is 11.6 Å². The Bertz CT molecular complexity index is 921. The van der Waals surface area contributed by atoms with Crippen molar-refractivity contribution in [2.24, 2.45) is 0 Å². The van der Waals surface area contributed by atoms with Crippen molar-refractivity contribution in [2.75, 3.05) is 26.7 Å². The van der Waals surface area contributed by atoms with E-state index < -0.39 is 0 Å². The average Bonchev–Trinajstić information content (AvgIpc) is 2.99. The van der Waals surface area contributed by atoms with Gasteiger partial charge in [0.15, 0.2) is 0 Å². The number of hydrogen-bond acceptors (Lipinski definition) is 3. The molecule has 4 rings (SSSR count). The molecule has 0 saturated carbocycles. The SMILES string of the molecule is CCN(CC)C(=O)N[C@H]1CC2c3cc(C=O)cc4[nH]c(Cl)c(c34)C[C@H]2N(C)C1. The van der Waals surface area contributed by atoms with E-state index >= 15 is 0 Å². The highest BCUT2D eigenvalue weighted by atomic mass is 35.5. The summed E-state index contributed by atoms with van der Waals surface area (Å²) in [4.78, 5) is 31.4. The van der Waals surface area contributed by atoms with Gasteiger partial charge >= 0.3 is 6.03 Å². The molecule has 1 aliphatic heterocycles. The van der Waals surface area contributed by atoms with E-state index in [1.54, 1.807) is 0 Å². The van der Waals surface area contributed by atoms with E-state index in [0.29, 0.717) is 29.8 Å². The minimum Gasteiger partial charge on any atom is -0.345 e. The lowest BCUT2D eigenvalue weighted by molar-refractivity contribution is 0.112. The summed E-state index contributed by atoms with van der Waals surface area (Å²) in [5, 5.41) is 5.04. The second kappa shape index (κ2) is 7.41. The normalized spacial score (nSPS) is 24.1. The molecule has 1 fully saturated rings. The molecule has 2 N–H and O–H groups in total. The van der Waals surface area contributed by atoms with Crippen LogP contribution in [-0.4, -0.2) is 65.9 Å². The van der Waals surface area contributed by atoms with Crippen molar-refractivity contribution < 1.29 is 9.59 Å². The zero-order chi connectivity index (χ0) is 20.0. The summed E-state index contributed by atoms with van der Waals surface area (Å²) in [5.74, 6) is 0.252. The van der Waals surface area contributed by atoms with Gasteiger partial charge in [0.2, 0.25) is 0 Å². The number of piperidine rings is 1. The van der Waals surface area contributed by atoms with E-state index in [-0.39, 0.29) is 18.0 Å². The Morgan fingerprint density at radius 3 is 2.82 bits per heavy atom. The smallest absolute Gasteiger partial charge is 0.317 e. The highest BCUT2D eigenvalue weighted by Gasteiger charge is 2.41. The van der Waals surface area contributed by atoms with Gasteiger partial charge in [0, 0.05) is 54.1 Å². The number of fused-ring (bicyclic) bond motifs is 2. The van der Waals surface area contributed by atoms with Gasteiger partial charge in [-0.2, -0.15) is 0 Å². The van der Waals surface area contributed by atoms with Gasteiger partial charge in [0.25, 0.3) is 0 Å². The van der Waals surface area contributed by atoms with Crippen LogP contribution in [0.3, 0.4) is 0 Å². The third-order valence-corrected chi connectivity index (χ3v) is 6.73. The maximum absolute atomic E-state index is 12.6. The first-order valence-electron chi connectivity index (χ1n) is 10.0. The number of carbonyl (C=O) groups excluding carboxylic acids is 2. The molecule has 0 radical (unpaired) electrons. The van der Waals surface area contributed by atoms with Crippen LogP contribution < -0.4 is 5.32 Å². The molecule has 2 aromatic rings. The van der Waals surface area contributed by atoms with E-state index in [1.807, 2.05) is 30.9 Å². The van der Waals surface area contributed by atoms with Gasteiger partial charge < -0.3 is 20.1 Å². The minimum atomic E-state index is -0.00479. The molecule has 7 heteroatoms. The number of benzene rings is 1. The van der Waals surface area contributed by atoms with Crippen molar-refractivity contribution >= 4 is 34.8 Å². The molecule has 1 aromatic heterocycles. The van der Waals surface area contributed by atoms with Crippen LogP contribution in [0.2, 0.25) is 5.15 Å². The maximum Gasteiger partial charge on any atom is 0.317 e. The molecule has 0 spiro atoms. The molecule has 1 saturated heterocycles. The van der Waals surface area contributed by atoms with Crippen molar-refractivity contribution in [3.63, 3.8) is 0 Å². The standard InChI is InChI=1S/C21H27ClN4O2/c1-4-26(5-2)21(28)23-13-8-14-15-6-12(11-27)7-17-19(15)16(20(22)24-17)9-18(14)25(3)10-13/h6-7,11,13-14,18,24H,4-5,8-10H2,1-3H3,(H,23,28)/t13-,14?,18+/m0/s1. The fraction of sp³-hybridized carbons (Fsp3) is 0.524. The number of urea groups is 1. The summed E-state index contributed by atoms with van der Waals surface area (Å²) in [5.41, 5.74) is 3.89. The number of carbonyl (C=O) groups is 2. The molecule has 2 heterocycles. The van der Waals surface area contributed by atoms with Crippen LogP contribution in [0.25, 0.3) is 10.9 Å². The Hall–Kier alpha value is -2.05. The van der Waals surface area contributed by atoms with E-state index in [4.69, 9.17) is 11.6 Å². The summed E-state index contributed by atoms with van der Waals surface area (Å²) in [6, 6.07) is 4.25. The van der Waals surface area contributed by atoms with Crippen molar-refractivity contribution in [2.45, 2.75) is 44.7 Å². The van der Waals surface area contributed by atoms with E-state index in [0.717, 1.165) is 42.1 Å². The summed E-state index contributed by atoms with van der Waals surface area (Å²) in [7, 11) is 2.11. The summed E-state index contributed by atoms with van der Waals surface area (Å²) >= 11 is 6.49. The second-order valence-electron chi connectivity index (χ2n) is 7.94. The fourth-order valence-corrected chi connectivity index (χ4v) is 5.30. The lowest BCUT2D eigenvalue weighted by atomic mass is 9.73. The molecule has 2 amide bonds. The number of aldehydes is 1. The quantitative estimate of drug-likeness (QED) is 0.770. The molecule has 1 unspecified atom stereocenters. The van der Waals surface area contributed by atoms with Crippen molar-refractivity contribution in [3.8, 4) is 0 Å². The molecule has 28 heavy (non-hydrogen) atoms. The van der Waals surface area contributed by atoms with E-state index in [9.17, 15) is 9.59 Å². The Labute approximate surface area is 170 Å². The molecule has 0 bridgehead atoms. The van der Waals surface area contributed by atoms with E-state index in [1.165, 1.54) is 5.56 Å². The topological polar surface area (TPSA) is 68.4 Å². The van der Waals surface area contributed by atoms with Crippen molar-refractivity contribution in [1.82, 2.24) is 20.1 Å². The van der Waals surface area contributed by atoms with Crippen LogP contribution in [0.1, 0.15) is 47.7 Å². The van der Waals surface area contributed by atoms with Gasteiger partial charge in [0.05, 0.1) is 0 Å². The number of aromatic amines is 1. The molecule has 2 aliphatic rings. The van der Waals surface area contributed by atoms with Crippen LogP contribution in [0.4, 0.5) is 4.79 Å². The largest absolute Gasteiger partial charge is 0.345 e. The van der Waals surface area contributed by atoms with E-state index in [2.05, 4.69) is 22.2 Å². The Morgan fingerprint density at radius 1 is 1.39 bits per heavy atom. The molecule has 150 valence electrons. The first-order valence-corrected chi connectivity index (χ1v) is 10.4. The number of nitrogens with one attached hydrogen (secondary N) is 2. The first-order chi connectivity index (χ1) is 13.5. The number of rotatable bonds is 4. The number of amides is 2. The Morgan fingerprint density at radius 2 is 2.14 bits per heavy atom. The summed E-state index contributed by atoms with van der Waals surface area (Å²) in [6.07, 6.45) is 2.63. The lowest BCUT2D eigenvalue weighted by Crippen LogP contribution is -2.56. The van der Waals surface area contributed by atoms with Gasteiger partial charge in [-0.15, -0.1) is 0 Å². The molecule has 1 aliphatic carbocycles. The van der Waals surface area contributed by atoms with Crippen LogP contribution in [0, 0.1) is 0 Å². The number of likely N-dealkylation sites (N-methyl/N-ethyl adjacent to an activating group) is 1. The van der Waals surface area contributed by atoms with Gasteiger partial charge in [-0.3, -0.25) is 4.79 Å². The lowest BCUT2D eigenvalue weighted by Gasteiger charge is -2.46. The monoisotopic (exact) mass is 402 g/mol. The Kier molecular flexibility index (Phi) is 5.10. The van der Waals surface area contributed by atoms with Crippen molar-refractivity contribution in [1.29, 1.82) is 0 Å². The third-order valence-electron chi connectivity index (χ3n) is 6.41. The highest BCUT2D eigenvalue weighted by Crippen LogP contribution is 2.45. The summed E-state index contributed by atoms with van der Waals surface area (Å²) < 4.78 is 0. The molecule has 1 aromatic carbocycles. The third kappa shape index (κ3) is 3.08. The number of halogens is 1. The zero-order valence-electron chi connectivity index (χ0n) is 16.6. The highest BCUT2D eigenvalue weighted by molar-refractivity contribution is 6.32. The minimum absolute atomic E-state index is 0.00479. The Balaban J connectivity index is 1.69. The van der Waals surface area contributed by atoms with Crippen LogP contribution in [-0.2, 0) is 6.42 Å².